The van der Waals surface area contributed by atoms with Crippen molar-refractivity contribution in [2.45, 2.75) is 12.7 Å². The van der Waals surface area contributed by atoms with E-state index in [0.717, 1.165) is 14.2 Å². The Morgan fingerprint density at radius 3 is 2.64 bits per heavy atom. The third-order valence-corrected chi connectivity index (χ3v) is 3.90. The lowest BCUT2D eigenvalue weighted by Crippen LogP contribution is -2.23. The molecule has 1 aliphatic heterocycles. The molecule has 0 saturated carbocycles. The number of rotatable bonds is 1. The molecule has 0 amide bonds. The monoisotopic (exact) mass is 324 g/mol. The molecule has 0 N–H and O–H groups in total. The largest absolute Gasteiger partial charge is 0.344 e. The normalized spacial score (nSPS) is 19.9. The van der Waals surface area contributed by atoms with Gasteiger partial charge in [0.1, 0.15) is 0 Å². The Kier molecular flexibility index (Phi) is 3.02. The van der Waals surface area contributed by atoms with E-state index in [4.69, 9.17) is 21.1 Å². The van der Waals surface area contributed by atoms with Gasteiger partial charge in [0.25, 0.3) is 0 Å². The summed E-state index contributed by atoms with van der Waals surface area (Å²) in [7, 11) is 0. The van der Waals surface area contributed by atoms with Crippen LogP contribution in [0.4, 0.5) is 0 Å². The van der Waals surface area contributed by atoms with Gasteiger partial charge in [0, 0.05) is 9.13 Å². The molecule has 0 aromatic heterocycles. The van der Waals surface area contributed by atoms with Crippen molar-refractivity contribution < 1.29 is 9.47 Å². The van der Waals surface area contributed by atoms with Crippen LogP contribution in [0.1, 0.15) is 12.5 Å². The summed E-state index contributed by atoms with van der Waals surface area (Å²) in [6, 6.07) is 5.86. The average molecular weight is 325 g/mol. The number of hydrogen-bond donors (Lipinski definition) is 0. The summed E-state index contributed by atoms with van der Waals surface area (Å²) in [4.78, 5) is 0. The van der Waals surface area contributed by atoms with E-state index < -0.39 is 5.79 Å². The highest BCUT2D eigenvalue weighted by molar-refractivity contribution is 14.1. The van der Waals surface area contributed by atoms with Gasteiger partial charge in [0.2, 0.25) is 0 Å². The highest BCUT2D eigenvalue weighted by Crippen LogP contribution is 2.37. The van der Waals surface area contributed by atoms with E-state index in [1.54, 1.807) is 0 Å². The maximum absolute atomic E-state index is 6.20. The molecule has 1 heterocycles. The predicted molar refractivity (Wildman–Crippen MR) is 63.4 cm³/mol. The molecule has 0 bridgehead atoms. The molecule has 1 saturated heterocycles. The summed E-state index contributed by atoms with van der Waals surface area (Å²) in [5, 5.41) is 0.720. The Labute approximate surface area is 102 Å². The van der Waals surface area contributed by atoms with Crippen LogP contribution in [0.2, 0.25) is 5.02 Å². The fourth-order valence-electron chi connectivity index (χ4n) is 1.52. The molecule has 1 aromatic carbocycles. The van der Waals surface area contributed by atoms with Gasteiger partial charge in [-0.15, -0.1) is 0 Å². The molecule has 0 unspecified atom stereocenters. The molecule has 14 heavy (non-hydrogen) atoms. The fraction of sp³-hybridized carbons (Fsp3) is 0.400. The first kappa shape index (κ1) is 10.7. The van der Waals surface area contributed by atoms with Gasteiger partial charge in [0.15, 0.2) is 5.79 Å². The maximum atomic E-state index is 6.20. The minimum absolute atomic E-state index is 0.623. The fourth-order valence-corrected chi connectivity index (χ4v) is 2.32. The molecule has 0 atom stereocenters. The molecule has 2 nitrogen and oxygen atoms in total. The lowest BCUT2D eigenvalue weighted by molar-refractivity contribution is -0.149. The van der Waals surface area contributed by atoms with Crippen LogP contribution in [0.5, 0.6) is 0 Å². The van der Waals surface area contributed by atoms with E-state index in [1.165, 1.54) is 0 Å². The van der Waals surface area contributed by atoms with Crippen molar-refractivity contribution in [2.24, 2.45) is 0 Å². The average Bonchev–Trinajstić information content (AvgIpc) is 2.58. The smallest absolute Gasteiger partial charge is 0.193 e. The van der Waals surface area contributed by atoms with Crippen LogP contribution in [0.15, 0.2) is 18.2 Å². The molecule has 1 aromatic rings. The van der Waals surface area contributed by atoms with Gasteiger partial charge in [-0.05, 0) is 35.6 Å². The third kappa shape index (κ3) is 1.78. The van der Waals surface area contributed by atoms with Crippen LogP contribution in [0.25, 0.3) is 0 Å². The molecule has 2 rings (SSSR count). The SMILES string of the molecule is CC1(c2cccc(I)c2Cl)OCCO1. The van der Waals surface area contributed by atoms with Gasteiger partial charge < -0.3 is 9.47 Å². The van der Waals surface area contributed by atoms with Crippen molar-refractivity contribution in [3.63, 3.8) is 0 Å². The standard InChI is InChI=1S/C10H10ClIO2/c1-10(13-5-6-14-10)7-3-2-4-8(12)9(7)11/h2-4H,5-6H2,1H3. The first-order valence-corrected chi connectivity index (χ1v) is 5.81. The van der Waals surface area contributed by atoms with Crippen LogP contribution in [0.3, 0.4) is 0 Å². The molecule has 0 aliphatic carbocycles. The van der Waals surface area contributed by atoms with Crippen molar-refractivity contribution in [1.82, 2.24) is 0 Å². The number of ether oxygens (including phenoxy) is 2. The second-order valence-electron chi connectivity index (χ2n) is 3.24. The van der Waals surface area contributed by atoms with E-state index in [1.807, 2.05) is 25.1 Å². The first-order chi connectivity index (χ1) is 6.63. The molecule has 0 radical (unpaired) electrons. The molecule has 76 valence electrons. The molecule has 1 fully saturated rings. The molecule has 1 aliphatic rings. The van der Waals surface area contributed by atoms with Crippen molar-refractivity contribution in [2.75, 3.05) is 13.2 Å². The summed E-state index contributed by atoms with van der Waals surface area (Å²) in [5.74, 6) is -0.668. The van der Waals surface area contributed by atoms with Crippen LogP contribution in [0, 0.1) is 3.57 Å². The minimum atomic E-state index is -0.668. The molecular weight excluding hydrogens is 314 g/mol. The van der Waals surface area contributed by atoms with E-state index in [2.05, 4.69) is 22.6 Å². The number of halogens is 2. The van der Waals surface area contributed by atoms with E-state index in [-0.39, 0.29) is 0 Å². The highest BCUT2D eigenvalue weighted by atomic mass is 127. The highest BCUT2D eigenvalue weighted by Gasteiger charge is 2.35. The van der Waals surface area contributed by atoms with Crippen LogP contribution >= 0.6 is 34.2 Å². The Balaban J connectivity index is 2.45. The number of benzene rings is 1. The van der Waals surface area contributed by atoms with E-state index in [0.29, 0.717) is 13.2 Å². The topological polar surface area (TPSA) is 18.5 Å². The van der Waals surface area contributed by atoms with Gasteiger partial charge in [-0.1, -0.05) is 23.7 Å². The van der Waals surface area contributed by atoms with E-state index in [9.17, 15) is 0 Å². The van der Waals surface area contributed by atoms with Crippen LogP contribution in [-0.2, 0) is 15.3 Å². The number of hydrogen-bond acceptors (Lipinski definition) is 2. The van der Waals surface area contributed by atoms with Gasteiger partial charge in [-0.2, -0.15) is 0 Å². The Hall–Kier alpha value is 0.160. The van der Waals surface area contributed by atoms with Crippen molar-refractivity contribution in [3.05, 3.63) is 32.4 Å². The second-order valence-corrected chi connectivity index (χ2v) is 4.78. The quantitative estimate of drug-likeness (QED) is 0.739. The van der Waals surface area contributed by atoms with Gasteiger partial charge >= 0.3 is 0 Å². The van der Waals surface area contributed by atoms with Crippen LogP contribution in [-0.4, -0.2) is 13.2 Å². The Morgan fingerprint density at radius 1 is 1.36 bits per heavy atom. The Bertz CT molecular complexity index is 348. The first-order valence-electron chi connectivity index (χ1n) is 4.36. The molecule has 4 heteroatoms. The Morgan fingerprint density at radius 2 is 2.00 bits per heavy atom. The third-order valence-electron chi connectivity index (χ3n) is 2.28. The van der Waals surface area contributed by atoms with Crippen molar-refractivity contribution in [3.8, 4) is 0 Å². The lowest BCUT2D eigenvalue weighted by atomic mass is 10.1. The zero-order valence-electron chi connectivity index (χ0n) is 7.72. The maximum Gasteiger partial charge on any atom is 0.193 e. The van der Waals surface area contributed by atoms with E-state index >= 15 is 0 Å². The second kappa shape index (κ2) is 3.96. The molecular formula is C10H10ClIO2. The predicted octanol–water partition coefficient (Wildman–Crippen LogP) is 3.16. The zero-order valence-corrected chi connectivity index (χ0v) is 10.6. The summed E-state index contributed by atoms with van der Waals surface area (Å²) >= 11 is 8.40. The van der Waals surface area contributed by atoms with Crippen molar-refractivity contribution in [1.29, 1.82) is 0 Å². The summed E-state index contributed by atoms with van der Waals surface area (Å²) in [6.45, 7) is 3.15. The van der Waals surface area contributed by atoms with Crippen molar-refractivity contribution >= 4 is 34.2 Å². The van der Waals surface area contributed by atoms with Gasteiger partial charge in [0.05, 0.1) is 18.2 Å². The van der Waals surface area contributed by atoms with Gasteiger partial charge in [-0.25, -0.2) is 0 Å². The molecule has 0 spiro atoms. The zero-order chi connectivity index (χ0) is 10.2. The summed E-state index contributed by atoms with van der Waals surface area (Å²) < 4.78 is 12.1. The minimum Gasteiger partial charge on any atom is -0.344 e. The van der Waals surface area contributed by atoms with Gasteiger partial charge in [-0.3, -0.25) is 0 Å². The van der Waals surface area contributed by atoms with Crippen LogP contribution < -0.4 is 0 Å². The summed E-state index contributed by atoms with van der Waals surface area (Å²) in [6.07, 6.45) is 0. The summed E-state index contributed by atoms with van der Waals surface area (Å²) in [5.41, 5.74) is 0.906. The lowest BCUT2D eigenvalue weighted by Gasteiger charge is -2.24.